The van der Waals surface area contributed by atoms with Crippen LogP contribution in [-0.4, -0.2) is 35.0 Å². The van der Waals surface area contributed by atoms with Gasteiger partial charge in [0.25, 0.3) is 5.91 Å². The molecule has 4 nitrogen and oxygen atoms in total. The maximum atomic E-state index is 12.3. The quantitative estimate of drug-likeness (QED) is 0.734. The second kappa shape index (κ2) is 6.31. The fourth-order valence-electron chi connectivity index (χ4n) is 3.28. The summed E-state index contributed by atoms with van der Waals surface area (Å²) in [4.78, 5) is 37.7. The number of Topliss-reactive ketones (excluding diaryl/α,β-unsaturated/α-hetero) is 2. The molecule has 0 bridgehead atoms. The van der Waals surface area contributed by atoms with Crippen LogP contribution in [0.1, 0.15) is 58.3 Å². The van der Waals surface area contributed by atoms with Gasteiger partial charge in [-0.2, -0.15) is 0 Å². The van der Waals surface area contributed by atoms with Crippen molar-refractivity contribution < 1.29 is 14.4 Å². The molecule has 4 heteroatoms. The van der Waals surface area contributed by atoms with E-state index in [4.69, 9.17) is 0 Å². The first-order chi connectivity index (χ1) is 9.11. The minimum absolute atomic E-state index is 0.00416. The van der Waals surface area contributed by atoms with Gasteiger partial charge in [0.1, 0.15) is 0 Å². The van der Waals surface area contributed by atoms with Gasteiger partial charge in [-0.15, -0.1) is 0 Å². The molecule has 1 heterocycles. The standard InChI is InChI=1S/C15H23NO3/c1-11(17)13-9-5-6-10-16(13)15(19)14(18)12-7-3-2-4-8-12/h12-13H,2-10H2,1H3/t13-/m0/s1. The Balaban J connectivity index is 2.03. The lowest BCUT2D eigenvalue weighted by molar-refractivity contribution is -0.151. The molecule has 0 aromatic carbocycles. The Bertz CT molecular complexity index is 372. The number of amides is 1. The molecule has 2 aliphatic rings. The van der Waals surface area contributed by atoms with Crippen molar-refractivity contribution >= 4 is 17.5 Å². The number of carbonyl (C=O) groups is 3. The first-order valence-electron chi connectivity index (χ1n) is 7.46. The van der Waals surface area contributed by atoms with Crippen molar-refractivity contribution in [2.24, 2.45) is 5.92 Å². The van der Waals surface area contributed by atoms with Crippen molar-refractivity contribution in [1.82, 2.24) is 4.90 Å². The van der Waals surface area contributed by atoms with Crippen LogP contribution < -0.4 is 0 Å². The van der Waals surface area contributed by atoms with Gasteiger partial charge in [-0.05, 0) is 39.0 Å². The summed E-state index contributed by atoms with van der Waals surface area (Å²) in [6.07, 6.45) is 7.49. The van der Waals surface area contributed by atoms with Crippen LogP contribution >= 0.6 is 0 Å². The third-order valence-electron chi connectivity index (χ3n) is 4.42. The molecule has 1 amide bonds. The monoisotopic (exact) mass is 265 g/mol. The number of ketones is 2. The number of piperidine rings is 1. The maximum Gasteiger partial charge on any atom is 0.290 e. The molecule has 0 aromatic heterocycles. The molecule has 19 heavy (non-hydrogen) atoms. The third-order valence-corrected chi connectivity index (χ3v) is 4.42. The van der Waals surface area contributed by atoms with Crippen LogP contribution in [-0.2, 0) is 14.4 Å². The van der Waals surface area contributed by atoms with Crippen molar-refractivity contribution in [3.8, 4) is 0 Å². The van der Waals surface area contributed by atoms with Crippen LogP contribution in [0.25, 0.3) is 0 Å². The van der Waals surface area contributed by atoms with Crippen molar-refractivity contribution in [3.05, 3.63) is 0 Å². The van der Waals surface area contributed by atoms with E-state index in [0.29, 0.717) is 13.0 Å². The molecule has 106 valence electrons. The van der Waals surface area contributed by atoms with Crippen LogP contribution in [0.2, 0.25) is 0 Å². The lowest BCUT2D eigenvalue weighted by Gasteiger charge is -2.34. The zero-order chi connectivity index (χ0) is 13.8. The highest BCUT2D eigenvalue weighted by atomic mass is 16.2. The summed E-state index contributed by atoms with van der Waals surface area (Å²) in [5.41, 5.74) is 0. The topological polar surface area (TPSA) is 54.5 Å². The minimum atomic E-state index is -0.410. The largest absolute Gasteiger partial charge is 0.326 e. The molecule has 2 rings (SSSR count). The SMILES string of the molecule is CC(=O)[C@@H]1CCCCN1C(=O)C(=O)C1CCCCC1. The normalized spacial score (nSPS) is 25.1. The van der Waals surface area contributed by atoms with Gasteiger partial charge in [0.2, 0.25) is 5.78 Å². The minimum Gasteiger partial charge on any atom is -0.326 e. The van der Waals surface area contributed by atoms with Crippen molar-refractivity contribution in [1.29, 1.82) is 0 Å². The Morgan fingerprint density at radius 1 is 0.895 bits per heavy atom. The van der Waals surface area contributed by atoms with Crippen LogP contribution in [0.5, 0.6) is 0 Å². The van der Waals surface area contributed by atoms with Gasteiger partial charge in [0.05, 0.1) is 6.04 Å². The highest BCUT2D eigenvalue weighted by Crippen LogP contribution is 2.26. The highest BCUT2D eigenvalue weighted by Gasteiger charge is 2.36. The van der Waals surface area contributed by atoms with Gasteiger partial charge < -0.3 is 4.90 Å². The zero-order valence-corrected chi connectivity index (χ0v) is 11.7. The molecule has 0 unspecified atom stereocenters. The Morgan fingerprint density at radius 2 is 1.53 bits per heavy atom. The molecule has 1 aliphatic heterocycles. The third kappa shape index (κ3) is 3.23. The Morgan fingerprint density at radius 3 is 2.16 bits per heavy atom. The first kappa shape index (κ1) is 14.2. The Hall–Kier alpha value is -1.19. The van der Waals surface area contributed by atoms with Gasteiger partial charge in [0.15, 0.2) is 5.78 Å². The molecule has 0 N–H and O–H groups in total. The van der Waals surface area contributed by atoms with Crippen LogP contribution in [0, 0.1) is 5.92 Å². The molecular formula is C15H23NO3. The van der Waals surface area contributed by atoms with E-state index in [2.05, 4.69) is 0 Å². The number of nitrogens with zero attached hydrogens (tertiary/aromatic N) is 1. The molecule has 1 atom stereocenters. The molecular weight excluding hydrogens is 242 g/mol. The maximum absolute atomic E-state index is 12.3. The number of rotatable bonds is 3. The van der Waals surface area contributed by atoms with E-state index < -0.39 is 5.91 Å². The Kier molecular flexibility index (Phi) is 4.72. The lowest BCUT2D eigenvalue weighted by Crippen LogP contribution is -2.51. The van der Waals surface area contributed by atoms with E-state index in [1.807, 2.05) is 0 Å². The van der Waals surface area contributed by atoms with Crippen molar-refractivity contribution in [2.45, 2.75) is 64.3 Å². The fourth-order valence-corrected chi connectivity index (χ4v) is 3.28. The van der Waals surface area contributed by atoms with E-state index >= 15 is 0 Å². The molecule has 0 aromatic rings. The van der Waals surface area contributed by atoms with Crippen LogP contribution in [0.3, 0.4) is 0 Å². The average molecular weight is 265 g/mol. The van der Waals surface area contributed by atoms with E-state index in [0.717, 1.165) is 44.9 Å². The summed E-state index contributed by atoms with van der Waals surface area (Å²) in [6.45, 7) is 2.07. The first-order valence-corrected chi connectivity index (χ1v) is 7.46. The van der Waals surface area contributed by atoms with E-state index in [1.165, 1.54) is 11.8 Å². The summed E-state index contributed by atoms with van der Waals surface area (Å²) in [6, 6.07) is -0.367. The second-order valence-corrected chi connectivity index (χ2v) is 5.82. The van der Waals surface area contributed by atoms with Gasteiger partial charge in [-0.1, -0.05) is 19.3 Å². The summed E-state index contributed by atoms with van der Waals surface area (Å²) < 4.78 is 0. The predicted molar refractivity (Wildman–Crippen MR) is 71.6 cm³/mol. The number of likely N-dealkylation sites (tertiary alicyclic amines) is 1. The molecule has 1 aliphatic carbocycles. The van der Waals surface area contributed by atoms with Gasteiger partial charge >= 0.3 is 0 Å². The molecule has 1 saturated carbocycles. The summed E-state index contributed by atoms with van der Waals surface area (Å²) in [7, 11) is 0. The van der Waals surface area contributed by atoms with Crippen LogP contribution in [0.15, 0.2) is 0 Å². The lowest BCUT2D eigenvalue weighted by atomic mass is 9.85. The molecule has 2 fully saturated rings. The smallest absolute Gasteiger partial charge is 0.290 e. The zero-order valence-electron chi connectivity index (χ0n) is 11.7. The summed E-state index contributed by atoms with van der Waals surface area (Å²) in [5.74, 6) is -0.764. The average Bonchev–Trinajstić information content (AvgIpc) is 2.46. The van der Waals surface area contributed by atoms with Crippen molar-refractivity contribution in [3.63, 3.8) is 0 Å². The van der Waals surface area contributed by atoms with Crippen molar-refractivity contribution in [2.75, 3.05) is 6.54 Å². The number of carbonyl (C=O) groups excluding carboxylic acids is 3. The number of hydrogen-bond acceptors (Lipinski definition) is 3. The van der Waals surface area contributed by atoms with Gasteiger partial charge in [-0.3, -0.25) is 14.4 Å². The number of hydrogen-bond donors (Lipinski definition) is 0. The second-order valence-electron chi connectivity index (χ2n) is 5.82. The van der Waals surface area contributed by atoms with E-state index in [-0.39, 0.29) is 23.5 Å². The molecule has 1 saturated heterocycles. The van der Waals surface area contributed by atoms with E-state index in [1.54, 1.807) is 0 Å². The van der Waals surface area contributed by atoms with Gasteiger partial charge in [-0.25, -0.2) is 0 Å². The summed E-state index contributed by atoms with van der Waals surface area (Å²) >= 11 is 0. The van der Waals surface area contributed by atoms with Crippen LogP contribution in [0.4, 0.5) is 0 Å². The fraction of sp³-hybridized carbons (Fsp3) is 0.800. The molecule has 0 spiro atoms. The van der Waals surface area contributed by atoms with E-state index in [9.17, 15) is 14.4 Å². The van der Waals surface area contributed by atoms with Gasteiger partial charge in [0, 0.05) is 12.5 Å². The Labute approximate surface area is 114 Å². The molecule has 0 radical (unpaired) electrons. The highest BCUT2D eigenvalue weighted by molar-refractivity contribution is 6.37. The summed E-state index contributed by atoms with van der Waals surface area (Å²) in [5, 5.41) is 0. The predicted octanol–water partition coefficient (Wildman–Crippen LogP) is 2.11.